The standard InChI is InChI=1S/C22H20N2O3S/c1-28(26,27)18-9-6-15(7-10-18)19-4-2-3-5-20(19)22(25)24-17-8-11-21-16(14-17)12-13-23-21/h2-11,14,23H,12-13H2,1H3,(H,24,25). The summed E-state index contributed by atoms with van der Waals surface area (Å²) in [5, 5.41) is 6.27. The zero-order chi connectivity index (χ0) is 19.7. The van der Waals surface area contributed by atoms with Crippen molar-refractivity contribution in [1.82, 2.24) is 0 Å². The van der Waals surface area contributed by atoms with Gasteiger partial charge in [-0.2, -0.15) is 0 Å². The molecule has 5 nitrogen and oxygen atoms in total. The van der Waals surface area contributed by atoms with Crippen molar-refractivity contribution in [2.24, 2.45) is 0 Å². The minimum Gasteiger partial charge on any atom is -0.384 e. The van der Waals surface area contributed by atoms with Gasteiger partial charge in [0.25, 0.3) is 5.91 Å². The third-order valence-corrected chi connectivity index (χ3v) is 5.97. The molecule has 1 heterocycles. The highest BCUT2D eigenvalue weighted by Gasteiger charge is 2.15. The predicted octanol–water partition coefficient (Wildman–Crippen LogP) is 3.98. The fraction of sp³-hybridized carbons (Fsp3) is 0.136. The lowest BCUT2D eigenvalue weighted by molar-refractivity contribution is 0.102. The maximum absolute atomic E-state index is 12.9. The van der Waals surface area contributed by atoms with Gasteiger partial charge in [-0.15, -0.1) is 0 Å². The summed E-state index contributed by atoms with van der Waals surface area (Å²) in [6, 6.07) is 19.7. The molecule has 0 bridgehead atoms. The topological polar surface area (TPSA) is 75.3 Å². The van der Waals surface area contributed by atoms with Crippen LogP contribution in [0.15, 0.2) is 71.6 Å². The van der Waals surface area contributed by atoms with Gasteiger partial charge in [-0.05, 0) is 59.5 Å². The van der Waals surface area contributed by atoms with Crippen molar-refractivity contribution in [1.29, 1.82) is 0 Å². The van der Waals surface area contributed by atoms with Crippen LogP contribution in [0.2, 0.25) is 0 Å². The van der Waals surface area contributed by atoms with Gasteiger partial charge < -0.3 is 10.6 Å². The molecule has 0 fully saturated rings. The number of anilines is 2. The maximum Gasteiger partial charge on any atom is 0.256 e. The fourth-order valence-corrected chi connectivity index (χ4v) is 4.03. The van der Waals surface area contributed by atoms with Crippen LogP contribution >= 0.6 is 0 Å². The molecule has 0 aromatic heterocycles. The number of nitrogens with one attached hydrogen (secondary N) is 2. The first-order valence-corrected chi connectivity index (χ1v) is 10.9. The van der Waals surface area contributed by atoms with Gasteiger partial charge in [0.15, 0.2) is 9.84 Å². The number of hydrogen-bond donors (Lipinski definition) is 2. The van der Waals surface area contributed by atoms with Crippen LogP contribution in [-0.4, -0.2) is 27.1 Å². The first kappa shape index (κ1) is 18.3. The Hall–Kier alpha value is -3.12. The third kappa shape index (κ3) is 3.64. The number of carbonyl (C=O) groups excluding carboxylic acids is 1. The molecule has 2 N–H and O–H groups in total. The van der Waals surface area contributed by atoms with Crippen LogP contribution in [0.1, 0.15) is 15.9 Å². The zero-order valence-corrected chi connectivity index (χ0v) is 16.2. The van der Waals surface area contributed by atoms with E-state index in [1.165, 1.54) is 11.8 Å². The SMILES string of the molecule is CS(=O)(=O)c1ccc(-c2ccccc2C(=O)Nc2ccc3c(c2)CCN3)cc1. The second-order valence-electron chi connectivity index (χ2n) is 6.84. The van der Waals surface area contributed by atoms with Gasteiger partial charge >= 0.3 is 0 Å². The second-order valence-corrected chi connectivity index (χ2v) is 8.86. The van der Waals surface area contributed by atoms with Gasteiger partial charge in [0.1, 0.15) is 0 Å². The lowest BCUT2D eigenvalue weighted by Crippen LogP contribution is -2.13. The second kappa shape index (κ2) is 7.13. The predicted molar refractivity (Wildman–Crippen MR) is 112 cm³/mol. The summed E-state index contributed by atoms with van der Waals surface area (Å²) in [7, 11) is -3.26. The molecule has 0 aliphatic carbocycles. The number of amides is 1. The highest BCUT2D eigenvalue weighted by Crippen LogP contribution is 2.28. The molecule has 142 valence electrons. The Bertz CT molecular complexity index is 1150. The molecule has 1 amide bonds. The van der Waals surface area contributed by atoms with Crippen molar-refractivity contribution in [3.05, 3.63) is 77.9 Å². The van der Waals surface area contributed by atoms with E-state index in [0.717, 1.165) is 35.5 Å². The molecule has 0 saturated carbocycles. The Labute approximate surface area is 164 Å². The van der Waals surface area contributed by atoms with Crippen LogP contribution in [0.4, 0.5) is 11.4 Å². The average Bonchev–Trinajstić information content (AvgIpc) is 3.15. The van der Waals surface area contributed by atoms with Gasteiger partial charge in [0.05, 0.1) is 4.90 Å². The summed E-state index contributed by atoms with van der Waals surface area (Å²) in [5.41, 5.74) is 5.15. The van der Waals surface area contributed by atoms with E-state index in [1.54, 1.807) is 30.3 Å². The van der Waals surface area contributed by atoms with Crippen LogP contribution < -0.4 is 10.6 Å². The first-order chi connectivity index (χ1) is 13.4. The molecule has 0 atom stereocenters. The first-order valence-electron chi connectivity index (χ1n) is 8.99. The van der Waals surface area contributed by atoms with E-state index in [0.29, 0.717) is 5.56 Å². The Morgan fingerprint density at radius 1 is 1.00 bits per heavy atom. The lowest BCUT2D eigenvalue weighted by atomic mass is 9.99. The van der Waals surface area contributed by atoms with Gasteiger partial charge in [0.2, 0.25) is 0 Å². The molecule has 0 unspecified atom stereocenters. The van der Waals surface area contributed by atoms with E-state index in [9.17, 15) is 13.2 Å². The number of fused-ring (bicyclic) bond motifs is 1. The van der Waals surface area contributed by atoms with Gasteiger partial charge in [-0.25, -0.2) is 8.42 Å². The van der Waals surface area contributed by atoms with E-state index >= 15 is 0 Å². The van der Waals surface area contributed by atoms with Crippen LogP contribution in [0.25, 0.3) is 11.1 Å². The van der Waals surface area contributed by atoms with Gasteiger partial charge in [-0.3, -0.25) is 4.79 Å². The number of sulfone groups is 1. The highest BCUT2D eigenvalue weighted by molar-refractivity contribution is 7.90. The normalized spacial score (nSPS) is 12.9. The number of rotatable bonds is 4. The van der Waals surface area contributed by atoms with E-state index in [1.807, 2.05) is 36.4 Å². The van der Waals surface area contributed by atoms with Crippen LogP contribution in [0.5, 0.6) is 0 Å². The molecule has 0 radical (unpaired) electrons. The fourth-order valence-electron chi connectivity index (χ4n) is 3.40. The summed E-state index contributed by atoms with van der Waals surface area (Å²) >= 11 is 0. The molecule has 3 aromatic carbocycles. The van der Waals surface area contributed by atoms with Crippen molar-refractivity contribution < 1.29 is 13.2 Å². The van der Waals surface area contributed by atoms with Crippen LogP contribution in [0, 0.1) is 0 Å². The number of benzene rings is 3. The maximum atomic E-state index is 12.9. The lowest BCUT2D eigenvalue weighted by Gasteiger charge is -2.12. The molecule has 4 rings (SSSR count). The number of hydrogen-bond acceptors (Lipinski definition) is 4. The molecule has 3 aromatic rings. The monoisotopic (exact) mass is 392 g/mol. The minimum absolute atomic E-state index is 0.200. The smallest absolute Gasteiger partial charge is 0.256 e. The molecule has 1 aliphatic heterocycles. The van der Waals surface area contributed by atoms with E-state index < -0.39 is 9.84 Å². The Morgan fingerprint density at radius 2 is 1.75 bits per heavy atom. The summed E-state index contributed by atoms with van der Waals surface area (Å²) in [6.45, 7) is 0.916. The van der Waals surface area contributed by atoms with E-state index in [2.05, 4.69) is 10.6 Å². The van der Waals surface area contributed by atoms with Crippen molar-refractivity contribution in [3.8, 4) is 11.1 Å². The van der Waals surface area contributed by atoms with Crippen molar-refractivity contribution in [2.45, 2.75) is 11.3 Å². The molecular weight excluding hydrogens is 372 g/mol. The van der Waals surface area contributed by atoms with Crippen LogP contribution in [0.3, 0.4) is 0 Å². The van der Waals surface area contributed by atoms with Crippen molar-refractivity contribution in [2.75, 3.05) is 23.4 Å². The average molecular weight is 392 g/mol. The third-order valence-electron chi connectivity index (χ3n) is 4.84. The summed E-state index contributed by atoms with van der Waals surface area (Å²) in [5.74, 6) is -0.200. The van der Waals surface area contributed by atoms with E-state index in [4.69, 9.17) is 0 Å². The molecule has 6 heteroatoms. The van der Waals surface area contributed by atoms with Crippen molar-refractivity contribution in [3.63, 3.8) is 0 Å². The zero-order valence-electron chi connectivity index (χ0n) is 15.4. The summed E-state index contributed by atoms with van der Waals surface area (Å²) < 4.78 is 23.3. The minimum atomic E-state index is -3.26. The quantitative estimate of drug-likeness (QED) is 0.704. The van der Waals surface area contributed by atoms with Gasteiger partial charge in [-0.1, -0.05) is 30.3 Å². The molecular formula is C22H20N2O3S. The largest absolute Gasteiger partial charge is 0.384 e. The van der Waals surface area contributed by atoms with Crippen LogP contribution in [-0.2, 0) is 16.3 Å². The number of carbonyl (C=O) groups is 1. The van der Waals surface area contributed by atoms with Crippen molar-refractivity contribution >= 4 is 27.1 Å². The molecule has 0 spiro atoms. The summed E-state index contributed by atoms with van der Waals surface area (Å²) in [6.07, 6.45) is 2.12. The summed E-state index contributed by atoms with van der Waals surface area (Å²) in [4.78, 5) is 13.2. The Morgan fingerprint density at radius 3 is 2.50 bits per heavy atom. The Kier molecular flexibility index (Phi) is 4.65. The highest BCUT2D eigenvalue weighted by atomic mass is 32.2. The molecule has 28 heavy (non-hydrogen) atoms. The van der Waals surface area contributed by atoms with Gasteiger partial charge in [0, 0.05) is 29.7 Å². The Balaban J connectivity index is 1.63. The van der Waals surface area contributed by atoms with E-state index in [-0.39, 0.29) is 10.8 Å². The molecule has 1 aliphatic rings. The molecule has 0 saturated heterocycles.